The number of esters is 1. The number of ether oxygens (including phenoxy) is 1. The molecule has 3 rings (SSSR count). The van der Waals surface area contributed by atoms with Crippen LogP contribution in [0.1, 0.15) is 56.2 Å². The van der Waals surface area contributed by atoms with Gasteiger partial charge in [0.2, 0.25) is 5.89 Å². The number of oxazole rings is 1. The molecule has 0 saturated carbocycles. The van der Waals surface area contributed by atoms with Crippen molar-refractivity contribution in [3.05, 3.63) is 64.9 Å². The van der Waals surface area contributed by atoms with E-state index in [0.29, 0.717) is 17.1 Å². The molecule has 7 heteroatoms. The maximum atomic E-state index is 12.7. The molecule has 0 saturated heterocycles. The van der Waals surface area contributed by atoms with Crippen molar-refractivity contribution in [3.8, 4) is 10.8 Å². The molecule has 164 valence electrons. The van der Waals surface area contributed by atoms with Crippen LogP contribution in [0, 0.1) is 5.92 Å². The zero-order valence-electron chi connectivity index (χ0n) is 18.5. The molecule has 0 aliphatic carbocycles. The van der Waals surface area contributed by atoms with Gasteiger partial charge >= 0.3 is 5.97 Å². The molecular formula is C24H28N2O4S. The lowest BCUT2D eigenvalue weighted by molar-refractivity contribution is -0.148. The highest BCUT2D eigenvalue weighted by atomic mass is 32.1. The summed E-state index contributed by atoms with van der Waals surface area (Å²) in [4.78, 5) is 30.6. The second-order valence-corrected chi connectivity index (χ2v) is 9.70. The van der Waals surface area contributed by atoms with E-state index in [1.165, 1.54) is 17.6 Å². The number of carbonyl (C=O) groups is 2. The molecule has 1 amide bonds. The minimum atomic E-state index is -0.765. The van der Waals surface area contributed by atoms with Crippen molar-refractivity contribution in [2.45, 2.75) is 52.7 Å². The third-order valence-corrected chi connectivity index (χ3v) is 5.72. The Labute approximate surface area is 186 Å². The van der Waals surface area contributed by atoms with Gasteiger partial charge < -0.3 is 14.5 Å². The summed E-state index contributed by atoms with van der Waals surface area (Å²) in [7, 11) is 0. The van der Waals surface area contributed by atoms with Gasteiger partial charge in [0, 0.05) is 5.56 Å². The van der Waals surface area contributed by atoms with Gasteiger partial charge in [-0.25, -0.2) is 9.78 Å². The highest BCUT2D eigenvalue weighted by Gasteiger charge is 2.27. The fourth-order valence-corrected chi connectivity index (χ4v) is 3.62. The summed E-state index contributed by atoms with van der Waals surface area (Å²) in [5.74, 6) is -0.453. The van der Waals surface area contributed by atoms with Crippen LogP contribution in [0.4, 0.5) is 0 Å². The van der Waals surface area contributed by atoms with Crippen molar-refractivity contribution in [3.63, 3.8) is 0 Å². The largest absolute Gasteiger partial charge is 0.458 e. The van der Waals surface area contributed by atoms with Gasteiger partial charge in [-0.15, -0.1) is 11.3 Å². The lowest BCUT2D eigenvalue weighted by atomic mass is 9.86. The van der Waals surface area contributed by atoms with Gasteiger partial charge in [0.05, 0.1) is 4.88 Å². The van der Waals surface area contributed by atoms with E-state index in [1.807, 2.05) is 43.5 Å². The monoisotopic (exact) mass is 440 g/mol. The number of hydrogen-bond acceptors (Lipinski definition) is 6. The summed E-state index contributed by atoms with van der Waals surface area (Å²) in [5, 5.41) is 4.74. The predicted molar refractivity (Wildman–Crippen MR) is 121 cm³/mol. The van der Waals surface area contributed by atoms with Crippen LogP contribution in [0.5, 0.6) is 0 Å². The van der Waals surface area contributed by atoms with Crippen LogP contribution in [0.25, 0.3) is 10.8 Å². The molecule has 0 unspecified atom stereocenters. The first kappa shape index (κ1) is 22.7. The van der Waals surface area contributed by atoms with E-state index in [2.05, 4.69) is 31.1 Å². The minimum Gasteiger partial charge on any atom is -0.458 e. The fraction of sp³-hybridized carbons (Fsp3) is 0.375. The highest BCUT2D eigenvalue weighted by Crippen LogP contribution is 2.24. The summed E-state index contributed by atoms with van der Waals surface area (Å²) >= 11 is 1.52. The number of rotatable bonds is 7. The third kappa shape index (κ3) is 5.82. The molecule has 0 spiro atoms. The molecule has 1 N–H and O–H groups in total. The zero-order valence-corrected chi connectivity index (χ0v) is 19.3. The quantitative estimate of drug-likeness (QED) is 0.511. The zero-order chi connectivity index (χ0) is 22.6. The first-order valence-corrected chi connectivity index (χ1v) is 11.1. The van der Waals surface area contributed by atoms with Gasteiger partial charge in [0.25, 0.3) is 5.91 Å². The molecule has 1 atom stereocenters. The Balaban J connectivity index is 1.60. The Morgan fingerprint density at radius 2 is 1.87 bits per heavy atom. The Bertz CT molecular complexity index is 1010. The minimum absolute atomic E-state index is 0.00374. The normalized spacial score (nSPS) is 12.6. The smallest absolute Gasteiger partial charge is 0.329 e. The molecule has 2 aromatic heterocycles. The van der Waals surface area contributed by atoms with Crippen LogP contribution in [-0.2, 0) is 21.6 Å². The number of benzene rings is 1. The standard InChI is InChI=1S/C24H28N2O4S/c1-15(2)20(26-21(27)16-8-10-17(11-9-16)24(3,4)5)23(28)30-14-18-13-29-22(25-18)19-7-6-12-31-19/h6-13,15,20H,14H2,1-5H3,(H,26,27)/t20-/m0/s1. The van der Waals surface area contributed by atoms with Crippen molar-refractivity contribution in [1.82, 2.24) is 10.3 Å². The SMILES string of the molecule is CC(C)[C@H](NC(=O)c1ccc(C(C)(C)C)cc1)C(=O)OCc1coc(-c2cccs2)n1. The first-order valence-electron chi connectivity index (χ1n) is 10.2. The third-order valence-electron chi connectivity index (χ3n) is 4.87. The Morgan fingerprint density at radius 3 is 2.45 bits per heavy atom. The second-order valence-electron chi connectivity index (χ2n) is 8.75. The maximum absolute atomic E-state index is 12.7. The Hall–Kier alpha value is -2.93. The van der Waals surface area contributed by atoms with Gasteiger partial charge in [-0.1, -0.05) is 52.8 Å². The molecule has 31 heavy (non-hydrogen) atoms. The summed E-state index contributed by atoms with van der Waals surface area (Å²) in [6.07, 6.45) is 1.47. The van der Waals surface area contributed by atoms with E-state index in [-0.39, 0.29) is 23.8 Å². The molecular weight excluding hydrogens is 412 g/mol. The van der Waals surface area contributed by atoms with Crippen molar-refractivity contribution in [2.24, 2.45) is 5.92 Å². The number of nitrogens with zero attached hydrogens (tertiary/aromatic N) is 1. The number of amides is 1. The molecule has 0 aliphatic heterocycles. The number of hydrogen-bond donors (Lipinski definition) is 1. The van der Waals surface area contributed by atoms with Crippen LogP contribution >= 0.6 is 11.3 Å². The number of nitrogens with one attached hydrogen (secondary N) is 1. The topological polar surface area (TPSA) is 81.4 Å². The summed E-state index contributed by atoms with van der Waals surface area (Å²) < 4.78 is 10.9. The maximum Gasteiger partial charge on any atom is 0.329 e. The lowest BCUT2D eigenvalue weighted by Crippen LogP contribution is -2.45. The van der Waals surface area contributed by atoms with Crippen molar-refractivity contribution in [2.75, 3.05) is 0 Å². The van der Waals surface area contributed by atoms with E-state index >= 15 is 0 Å². The van der Waals surface area contributed by atoms with Crippen molar-refractivity contribution in [1.29, 1.82) is 0 Å². The van der Waals surface area contributed by atoms with E-state index in [4.69, 9.17) is 9.15 Å². The molecule has 0 fully saturated rings. The average molecular weight is 441 g/mol. The number of carbonyl (C=O) groups excluding carboxylic acids is 2. The lowest BCUT2D eigenvalue weighted by Gasteiger charge is -2.21. The van der Waals surface area contributed by atoms with E-state index in [1.54, 1.807) is 12.1 Å². The molecule has 6 nitrogen and oxygen atoms in total. The summed E-state index contributed by atoms with van der Waals surface area (Å²) in [6.45, 7) is 10.0. The van der Waals surface area contributed by atoms with Crippen LogP contribution in [-0.4, -0.2) is 22.9 Å². The van der Waals surface area contributed by atoms with E-state index in [9.17, 15) is 9.59 Å². The molecule has 1 aromatic carbocycles. The second kappa shape index (κ2) is 9.47. The molecule has 3 aromatic rings. The van der Waals surface area contributed by atoms with Crippen LogP contribution in [0.2, 0.25) is 0 Å². The van der Waals surface area contributed by atoms with Gasteiger partial charge in [0.1, 0.15) is 24.6 Å². The van der Waals surface area contributed by atoms with Gasteiger partial charge in [0.15, 0.2) is 0 Å². The first-order chi connectivity index (χ1) is 14.6. The molecule has 2 heterocycles. The number of aromatic nitrogens is 1. The summed E-state index contributed by atoms with van der Waals surface area (Å²) in [5.41, 5.74) is 2.16. The molecule has 0 radical (unpaired) electrons. The van der Waals surface area contributed by atoms with Gasteiger partial charge in [-0.2, -0.15) is 0 Å². The van der Waals surface area contributed by atoms with Crippen LogP contribution < -0.4 is 5.32 Å². The van der Waals surface area contributed by atoms with Gasteiger partial charge in [-0.3, -0.25) is 4.79 Å². The fourth-order valence-electron chi connectivity index (χ4n) is 2.97. The van der Waals surface area contributed by atoms with Crippen LogP contribution in [0.15, 0.2) is 52.5 Å². The summed E-state index contributed by atoms with van der Waals surface area (Å²) in [6, 6.07) is 10.5. The van der Waals surface area contributed by atoms with E-state index in [0.717, 1.165) is 10.4 Å². The Kier molecular flexibility index (Phi) is 6.95. The number of thiophene rings is 1. The molecule has 0 bridgehead atoms. The van der Waals surface area contributed by atoms with Gasteiger partial charge in [-0.05, 0) is 40.5 Å². The van der Waals surface area contributed by atoms with E-state index < -0.39 is 12.0 Å². The predicted octanol–water partition coefficient (Wildman–Crippen LogP) is 5.20. The van der Waals surface area contributed by atoms with Crippen molar-refractivity contribution >= 4 is 23.2 Å². The average Bonchev–Trinajstić information content (AvgIpc) is 3.41. The Morgan fingerprint density at radius 1 is 1.16 bits per heavy atom. The van der Waals surface area contributed by atoms with Crippen molar-refractivity contribution < 1.29 is 18.7 Å². The molecule has 0 aliphatic rings. The highest BCUT2D eigenvalue weighted by molar-refractivity contribution is 7.13. The van der Waals surface area contributed by atoms with Crippen LogP contribution in [0.3, 0.4) is 0 Å².